The van der Waals surface area contributed by atoms with E-state index >= 15 is 0 Å². The Labute approximate surface area is 92.8 Å². The summed E-state index contributed by atoms with van der Waals surface area (Å²) >= 11 is 0. The molecule has 3 atom stereocenters. The average Bonchev–Trinajstić information content (AvgIpc) is 2.73. The van der Waals surface area contributed by atoms with Crippen LogP contribution in [-0.4, -0.2) is 48.3 Å². The Morgan fingerprint density at radius 1 is 1.47 bits per heavy atom. The molecule has 0 amide bonds. The molecule has 1 saturated carbocycles. The van der Waals surface area contributed by atoms with Gasteiger partial charge in [-0.25, -0.2) is 0 Å². The number of hydrogen-bond donors (Lipinski definition) is 2. The number of nitrogens with one attached hydrogen (secondary N) is 1. The summed E-state index contributed by atoms with van der Waals surface area (Å²) in [6.45, 7) is 5.05. The van der Waals surface area contributed by atoms with Crippen LogP contribution < -0.4 is 5.32 Å². The monoisotopic (exact) mass is 212 g/mol. The van der Waals surface area contributed by atoms with Crippen LogP contribution in [0.1, 0.15) is 32.6 Å². The number of likely N-dealkylation sites (tertiary alicyclic amines) is 1. The van der Waals surface area contributed by atoms with E-state index in [1.807, 2.05) is 6.92 Å². The van der Waals surface area contributed by atoms with Crippen LogP contribution in [0.4, 0.5) is 0 Å². The zero-order valence-electron chi connectivity index (χ0n) is 10.00. The van der Waals surface area contributed by atoms with Crippen molar-refractivity contribution in [3.63, 3.8) is 0 Å². The Morgan fingerprint density at radius 2 is 2.27 bits per heavy atom. The molecule has 2 aliphatic rings. The lowest BCUT2D eigenvalue weighted by Crippen LogP contribution is -2.38. The van der Waals surface area contributed by atoms with Gasteiger partial charge >= 0.3 is 0 Å². The summed E-state index contributed by atoms with van der Waals surface area (Å²) in [4.78, 5) is 2.43. The van der Waals surface area contributed by atoms with E-state index in [4.69, 9.17) is 0 Å². The van der Waals surface area contributed by atoms with Crippen LogP contribution in [0.2, 0.25) is 0 Å². The van der Waals surface area contributed by atoms with E-state index in [0.29, 0.717) is 6.04 Å². The van der Waals surface area contributed by atoms with Gasteiger partial charge in [0.15, 0.2) is 0 Å². The smallest absolute Gasteiger partial charge is 0.0758 e. The highest BCUT2D eigenvalue weighted by atomic mass is 16.3. The topological polar surface area (TPSA) is 35.5 Å². The first-order valence-electron chi connectivity index (χ1n) is 6.23. The van der Waals surface area contributed by atoms with Gasteiger partial charge in [0, 0.05) is 25.7 Å². The molecule has 1 aliphatic carbocycles. The molecule has 3 unspecified atom stereocenters. The van der Waals surface area contributed by atoms with E-state index in [0.717, 1.165) is 25.4 Å². The lowest BCUT2D eigenvalue weighted by molar-refractivity contribution is 0.0662. The number of nitrogens with zero attached hydrogens (tertiary/aromatic N) is 1. The third kappa shape index (κ3) is 2.71. The molecule has 0 aromatic rings. The Balaban J connectivity index is 1.82. The van der Waals surface area contributed by atoms with E-state index in [-0.39, 0.29) is 0 Å². The van der Waals surface area contributed by atoms with Gasteiger partial charge in [0.25, 0.3) is 0 Å². The fraction of sp³-hybridized carbons (Fsp3) is 1.00. The molecule has 0 radical (unpaired) electrons. The largest absolute Gasteiger partial charge is 0.389 e. The quantitative estimate of drug-likeness (QED) is 0.727. The fourth-order valence-corrected chi connectivity index (χ4v) is 3.16. The van der Waals surface area contributed by atoms with Crippen molar-refractivity contribution in [1.82, 2.24) is 10.2 Å². The highest BCUT2D eigenvalue weighted by Gasteiger charge is 2.34. The molecule has 2 fully saturated rings. The van der Waals surface area contributed by atoms with Crippen LogP contribution in [-0.2, 0) is 0 Å². The van der Waals surface area contributed by atoms with Gasteiger partial charge in [-0.2, -0.15) is 0 Å². The van der Waals surface area contributed by atoms with Crippen LogP contribution in [0.15, 0.2) is 0 Å². The first-order chi connectivity index (χ1) is 7.11. The van der Waals surface area contributed by atoms with E-state index in [9.17, 15) is 5.11 Å². The Bertz CT molecular complexity index is 218. The Morgan fingerprint density at radius 3 is 2.87 bits per heavy atom. The van der Waals surface area contributed by atoms with Crippen molar-refractivity contribution in [3.8, 4) is 0 Å². The summed E-state index contributed by atoms with van der Waals surface area (Å²) in [5.74, 6) is 0.795. The molecule has 1 heterocycles. The molecule has 1 aliphatic heterocycles. The molecule has 88 valence electrons. The third-order valence-electron chi connectivity index (χ3n) is 4.05. The highest BCUT2D eigenvalue weighted by Crippen LogP contribution is 2.29. The Kier molecular flexibility index (Phi) is 3.33. The number of β-amino-alcohol motifs (C(OH)–C–C–N with tert-alkyl or cyclic N) is 1. The van der Waals surface area contributed by atoms with Crippen LogP contribution in [0.5, 0.6) is 0 Å². The van der Waals surface area contributed by atoms with E-state index in [1.54, 1.807) is 0 Å². The lowest BCUT2D eigenvalue weighted by atomic mass is 10.0. The molecule has 0 bridgehead atoms. The minimum absolute atomic E-state index is 0.437. The lowest BCUT2D eigenvalue weighted by Gasteiger charge is -2.25. The highest BCUT2D eigenvalue weighted by molar-refractivity contribution is 4.90. The SMILES string of the molecule is CNC1CCCC1CN1CCC(C)(O)C1. The molecule has 0 aromatic heterocycles. The van der Waals surface area contributed by atoms with E-state index < -0.39 is 5.60 Å². The molecule has 2 N–H and O–H groups in total. The molecule has 3 nitrogen and oxygen atoms in total. The fourth-order valence-electron chi connectivity index (χ4n) is 3.16. The van der Waals surface area contributed by atoms with Crippen molar-refractivity contribution in [1.29, 1.82) is 0 Å². The van der Waals surface area contributed by atoms with Crippen molar-refractivity contribution in [2.45, 2.75) is 44.2 Å². The summed E-state index contributed by atoms with van der Waals surface area (Å²) in [7, 11) is 2.07. The molecular formula is C12H24N2O. The zero-order chi connectivity index (χ0) is 10.9. The summed E-state index contributed by atoms with van der Waals surface area (Å²) in [5.41, 5.74) is -0.437. The molecule has 0 spiro atoms. The van der Waals surface area contributed by atoms with Crippen LogP contribution >= 0.6 is 0 Å². The van der Waals surface area contributed by atoms with Gasteiger partial charge in [0.05, 0.1) is 5.60 Å². The van der Waals surface area contributed by atoms with Crippen molar-refractivity contribution in [2.75, 3.05) is 26.7 Å². The number of hydrogen-bond acceptors (Lipinski definition) is 3. The number of rotatable bonds is 3. The minimum atomic E-state index is -0.437. The van der Waals surface area contributed by atoms with Gasteiger partial charge in [-0.1, -0.05) is 6.42 Å². The maximum absolute atomic E-state index is 9.90. The van der Waals surface area contributed by atoms with Crippen molar-refractivity contribution >= 4 is 0 Å². The first-order valence-corrected chi connectivity index (χ1v) is 6.23. The predicted octanol–water partition coefficient (Wildman–Crippen LogP) is 0.831. The zero-order valence-corrected chi connectivity index (χ0v) is 10.00. The second kappa shape index (κ2) is 4.40. The predicted molar refractivity (Wildman–Crippen MR) is 61.9 cm³/mol. The van der Waals surface area contributed by atoms with Crippen LogP contribution in [0.25, 0.3) is 0 Å². The van der Waals surface area contributed by atoms with E-state index in [2.05, 4.69) is 17.3 Å². The third-order valence-corrected chi connectivity index (χ3v) is 4.05. The average molecular weight is 212 g/mol. The maximum atomic E-state index is 9.90. The molecule has 3 heteroatoms. The second-order valence-corrected chi connectivity index (χ2v) is 5.57. The molecular weight excluding hydrogens is 188 g/mol. The summed E-state index contributed by atoms with van der Waals surface area (Å²) < 4.78 is 0. The molecule has 15 heavy (non-hydrogen) atoms. The van der Waals surface area contributed by atoms with Crippen molar-refractivity contribution < 1.29 is 5.11 Å². The van der Waals surface area contributed by atoms with Crippen molar-refractivity contribution in [3.05, 3.63) is 0 Å². The second-order valence-electron chi connectivity index (χ2n) is 5.57. The molecule has 0 aromatic carbocycles. The van der Waals surface area contributed by atoms with Gasteiger partial charge in [0.1, 0.15) is 0 Å². The van der Waals surface area contributed by atoms with E-state index in [1.165, 1.54) is 25.8 Å². The summed E-state index contributed by atoms with van der Waals surface area (Å²) in [5, 5.41) is 13.3. The number of aliphatic hydroxyl groups is 1. The van der Waals surface area contributed by atoms with Gasteiger partial charge < -0.3 is 15.3 Å². The van der Waals surface area contributed by atoms with Crippen LogP contribution in [0.3, 0.4) is 0 Å². The van der Waals surface area contributed by atoms with Gasteiger partial charge in [-0.15, -0.1) is 0 Å². The first kappa shape index (κ1) is 11.4. The molecule has 1 saturated heterocycles. The summed E-state index contributed by atoms with van der Waals surface area (Å²) in [6, 6.07) is 0.704. The van der Waals surface area contributed by atoms with Gasteiger partial charge in [0.2, 0.25) is 0 Å². The Hall–Kier alpha value is -0.120. The minimum Gasteiger partial charge on any atom is -0.389 e. The van der Waals surface area contributed by atoms with Crippen LogP contribution in [0, 0.1) is 5.92 Å². The van der Waals surface area contributed by atoms with Crippen molar-refractivity contribution in [2.24, 2.45) is 5.92 Å². The van der Waals surface area contributed by atoms with Gasteiger partial charge in [-0.3, -0.25) is 0 Å². The molecule has 2 rings (SSSR count). The van der Waals surface area contributed by atoms with Gasteiger partial charge in [-0.05, 0) is 39.2 Å². The normalized spacial score (nSPS) is 42.6. The standard InChI is InChI=1S/C12H24N2O/c1-12(15)6-7-14(9-12)8-10-4-3-5-11(10)13-2/h10-11,13,15H,3-9H2,1-2H3. The summed E-state index contributed by atoms with van der Waals surface area (Å²) in [6.07, 6.45) is 4.97. The maximum Gasteiger partial charge on any atom is 0.0758 e.